The van der Waals surface area contributed by atoms with E-state index in [9.17, 15) is 0 Å². The van der Waals surface area contributed by atoms with Crippen molar-refractivity contribution in [2.24, 2.45) is 0 Å². The van der Waals surface area contributed by atoms with Crippen molar-refractivity contribution in [1.29, 1.82) is 0 Å². The molecule has 0 unspecified atom stereocenters. The molecule has 0 heterocycles. The van der Waals surface area contributed by atoms with Gasteiger partial charge in [-0.15, -0.1) is 0 Å². The second-order valence-corrected chi connectivity index (χ2v) is 7.58. The van der Waals surface area contributed by atoms with Gasteiger partial charge in [-0.05, 0) is 88.0 Å². The lowest BCUT2D eigenvalue weighted by Crippen LogP contribution is -1.95. The number of hydrogen-bond donors (Lipinski definition) is 0. The molecule has 0 bridgehead atoms. The van der Waals surface area contributed by atoms with Crippen LogP contribution in [0.3, 0.4) is 0 Å². The largest absolute Gasteiger partial charge is 0.0622 e. The lowest BCUT2D eigenvalue weighted by atomic mass is 9.93. The summed E-state index contributed by atoms with van der Waals surface area (Å²) in [6.45, 7) is 2.17. The summed E-state index contributed by atoms with van der Waals surface area (Å²) in [5, 5.41) is 0. The van der Waals surface area contributed by atoms with E-state index in [0.717, 1.165) is 10.9 Å². The number of hydrogen-bond acceptors (Lipinski definition) is 0. The fourth-order valence-corrected chi connectivity index (χ4v) is 3.51. The second-order valence-electron chi connectivity index (χ2n) is 5.42. The van der Waals surface area contributed by atoms with Gasteiger partial charge in [0.25, 0.3) is 0 Å². The molecule has 3 aromatic carbocycles. The van der Waals surface area contributed by atoms with Crippen LogP contribution in [-0.4, -0.2) is 0 Å². The standard InChI is InChI=1S/C20H16BrI/c1-14-7-9-17(21)12-19(14)20-13-18(22)10-8-16(20)11-15-5-3-2-4-6-15/h2-10,12-13H,11H2,1H3. The smallest absolute Gasteiger partial charge is 0.0181 e. The minimum Gasteiger partial charge on any atom is -0.0622 e. The SMILES string of the molecule is Cc1ccc(Br)cc1-c1cc(I)ccc1Cc1ccccc1. The highest BCUT2D eigenvalue weighted by Gasteiger charge is 2.10. The first-order valence-corrected chi connectivity index (χ1v) is 9.09. The van der Waals surface area contributed by atoms with Crippen LogP contribution in [0.2, 0.25) is 0 Å². The molecule has 2 heteroatoms. The van der Waals surface area contributed by atoms with Gasteiger partial charge in [-0.3, -0.25) is 0 Å². The minimum atomic E-state index is 0.957. The summed E-state index contributed by atoms with van der Waals surface area (Å²) in [4.78, 5) is 0. The maximum atomic E-state index is 3.60. The van der Waals surface area contributed by atoms with Crippen LogP contribution < -0.4 is 0 Å². The molecule has 0 saturated heterocycles. The quantitative estimate of drug-likeness (QED) is 0.383. The summed E-state index contributed by atoms with van der Waals surface area (Å²) >= 11 is 5.99. The minimum absolute atomic E-state index is 0.957. The lowest BCUT2D eigenvalue weighted by Gasteiger charge is -2.14. The zero-order valence-corrected chi connectivity index (χ0v) is 16.1. The molecular weight excluding hydrogens is 447 g/mol. The normalized spacial score (nSPS) is 10.7. The Morgan fingerprint density at radius 2 is 1.64 bits per heavy atom. The van der Waals surface area contributed by atoms with E-state index in [4.69, 9.17) is 0 Å². The molecule has 0 saturated carbocycles. The molecule has 0 fully saturated rings. The Hall–Kier alpha value is -1.13. The van der Waals surface area contributed by atoms with E-state index >= 15 is 0 Å². The summed E-state index contributed by atoms with van der Waals surface area (Å²) in [5.41, 5.74) is 6.65. The lowest BCUT2D eigenvalue weighted by molar-refractivity contribution is 1.19. The maximum Gasteiger partial charge on any atom is 0.0181 e. The third-order valence-corrected chi connectivity index (χ3v) is 4.96. The average Bonchev–Trinajstić information content (AvgIpc) is 2.52. The first kappa shape index (κ1) is 15.8. The average molecular weight is 463 g/mol. The molecule has 3 rings (SSSR count). The van der Waals surface area contributed by atoms with Crippen LogP contribution in [0.25, 0.3) is 11.1 Å². The van der Waals surface area contributed by atoms with Crippen LogP contribution in [0.4, 0.5) is 0 Å². The molecule has 0 amide bonds. The van der Waals surface area contributed by atoms with Crippen molar-refractivity contribution in [2.45, 2.75) is 13.3 Å². The van der Waals surface area contributed by atoms with Gasteiger partial charge in [0.05, 0.1) is 0 Å². The van der Waals surface area contributed by atoms with Crippen LogP contribution in [0.1, 0.15) is 16.7 Å². The zero-order chi connectivity index (χ0) is 15.5. The van der Waals surface area contributed by atoms with Crippen LogP contribution >= 0.6 is 38.5 Å². The Bertz CT molecular complexity index is 794. The van der Waals surface area contributed by atoms with Gasteiger partial charge in [0.15, 0.2) is 0 Å². The molecular formula is C20H16BrI. The van der Waals surface area contributed by atoms with Crippen LogP contribution in [0, 0.1) is 10.5 Å². The van der Waals surface area contributed by atoms with Gasteiger partial charge in [0, 0.05) is 8.04 Å². The van der Waals surface area contributed by atoms with Gasteiger partial charge >= 0.3 is 0 Å². The number of aryl methyl sites for hydroxylation is 1. The Morgan fingerprint density at radius 3 is 2.41 bits per heavy atom. The summed E-state index contributed by atoms with van der Waals surface area (Å²) in [6, 6.07) is 23.9. The Labute approximate surface area is 153 Å². The molecule has 0 nitrogen and oxygen atoms in total. The van der Waals surface area contributed by atoms with Crippen LogP contribution in [0.5, 0.6) is 0 Å². The van der Waals surface area contributed by atoms with Gasteiger partial charge < -0.3 is 0 Å². The number of rotatable bonds is 3. The van der Waals surface area contributed by atoms with Crippen molar-refractivity contribution >= 4 is 38.5 Å². The molecule has 0 aliphatic heterocycles. The Morgan fingerprint density at radius 1 is 0.864 bits per heavy atom. The highest BCUT2D eigenvalue weighted by atomic mass is 127. The van der Waals surface area contributed by atoms with Crippen molar-refractivity contribution in [3.63, 3.8) is 0 Å². The predicted molar refractivity (Wildman–Crippen MR) is 106 cm³/mol. The second kappa shape index (κ2) is 6.97. The topological polar surface area (TPSA) is 0 Å². The fraction of sp³-hybridized carbons (Fsp3) is 0.100. The first-order chi connectivity index (χ1) is 10.6. The van der Waals surface area contributed by atoms with E-state index in [1.54, 1.807) is 0 Å². The number of benzene rings is 3. The van der Waals surface area contributed by atoms with Crippen LogP contribution in [-0.2, 0) is 6.42 Å². The predicted octanol–water partition coefficient (Wildman–Crippen LogP) is 6.62. The van der Waals surface area contributed by atoms with Crippen molar-refractivity contribution in [1.82, 2.24) is 0 Å². The van der Waals surface area contributed by atoms with Gasteiger partial charge in [-0.2, -0.15) is 0 Å². The highest BCUT2D eigenvalue weighted by Crippen LogP contribution is 2.32. The summed E-state index contributed by atoms with van der Waals surface area (Å²) in [5.74, 6) is 0. The van der Waals surface area contributed by atoms with E-state index in [1.807, 2.05) is 0 Å². The molecule has 22 heavy (non-hydrogen) atoms. The van der Waals surface area contributed by atoms with Gasteiger partial charge in [0.1, 0.15) is 0 Å². The van der Waals surface area contributed by atoms with Crippen molar-refractivity contribution < 1.29 is 0 Å². The van der Waals surface area contributed by atoms with Gasteiger partial charge in [0.2, 0.25) is 0 Å². The Balaban J connectivity index is 2.10. The Kier molecular flexibility index (Phi) is 4.99. The fourth-order valence-electron chi connectivity index (χ4n) is 2.65. The molecule has 0 aromatic heterocycles. The molecule has 110 valence electrons. The van der Waals surface area contributed by atoms with Crippen molar-refractivity contribution in [2.75, 3.05) is 0 Å². The van der Waals surface area contributed by atoms with Gasteiger partial charge in [-0.25, -0.2) is 0 Å². The molecule has 0 atom stereocenters. The molecule has 0 aliphatic rings. The third kappa shape index (κ3) is 3.61. The number of halogens is 2. The van der Waals surface area contributed by atoms with E-state index in [2.05, 4.69) is 112 Å². The molecule has 0 aliphatic carbocycles. The summed E-state index contributed by atoms with van der Waals surface area (Å²) in [6.07, 6.45) is 0.957. The first-order valence-electron chi connectivity index (χ1n) is 7.22. The van der Waals surface area contributed by atoms with Crippen molar-refractivity contribution in [3.05, 3.63) is 91.5 Å². The maximum absolute atomic E-state index is 3.60. The van der Waals surface area contributed by atoms with Crippen molar-refractivity contribution in [3.8, 4) is 11.1 Å². The highest BCUT2D eigenvalue weighted by molar-refractivity contribution is 14.1. The summed E-state index contributed by atoms with van der Waals surface area (Å²) < 4.78 is 2.39. The van der Waals surface area contributed by atoms with Crippen LogP contribution in [0.15, 0.2) is 71.2 Å². The van der Waals surface area contributed by atoms with E-state index in [1.165, 1.54) is 31.4 Å². The van der Waals surface area contributed by atoms with E-state index in [0.29, 0.717) is 0 Å². The van der Waals surface area contributed by atoms with Gasteiger partial charge in [-0.1, -0.05) is 58.4 Å². The molecule has 0 radical (unpaired) electrons. The summed E-state index contributed by atoms with van der Waals surface area (Å²) in [7, 11) is 0. The molecule has 0 N–H and O–H groups in total. The van der Waals surface area contributed by atoms with E-state index in [-0.39, 0.29) is 0 Å². The molecule has 3 aromatic rings. The van der Waals surface area contributed by atoms with E-state index < -0.39 is 0 Å². The monoisotopic (exact) mass is 462 g/mol. The zero-order valence-electron chi connectivity index (χ0n) is 12.3. The third-order valence-electron chi connectivity index (χ3n) is 3.80. The molecule has 0 spiro atoms.